The number of carbonyl (C=O) groups is 3. The Hall–Kier alpha value is -3.36. The predicted octanol–water partition coefficient (Wildman–Crippen LogP) is 6.32. The summed E-state index contributed by atoms with van der Waals surface area (Å²) >= 11 is 4.38. The van der Waals surface area contributed by atoms with Gasteiger partial charge < -0.3 is 10.1 Å². The van der Waals surface area contributed by atoms with Crippen molar-refractivity contribution in [2.45, 2.75) is 20.4 Å². The van der Waals surface area contributed by atoms with Crippen LogP contribution in [0.15, 0.2) is 76.1 Å². The van der Waals surface area contributed by atoms with Crippen molar-refractivity contribution in [2.75, 3.05) is 11.9 Å². The number of nitrogens with zero attached hydrogens (tertiary/aromatic N) is 1. The van der Waals surface area contributed by atoms with E-state index in [0.717, 1.165) is 34.0 Å². The van der Waals surface area contributed by atoms with Crippen molar-refractivity contribution in [1.82, 2.24) is 4.90 Å². The number of ether oxygens (including phenoxy) is 1. The molecule has 0 spiro atoms. The van der Waals surface area contributed by atoms with Crippen LogP contribution >= 0.6 is 27.7 Å². The fraction of sp³-hybridized carbons (Fsp3) is 0.148. The average Bonchev–Trinajstić information content (AvgIpc) is 3.07. The van der Waals surface area contributed by atoms with Gasteiger partial charge in [0.15, 0.2) is 6.61 Å². The van der Waals surface area contributed by atoms with Crippen LogP contribution in [0, 0.1) is 13.8 Å². The van der Waals surface area contributed by atoms with Crippen LogP contribution in [-0.2, 0) is 16.1 Å². The lowest BCUT2D eigenvalue weighted by molar-refractivity contribution is -0.123. The topological polar surface area (TPSA) is 75.7 Å². The fourth-order valence-corrected chi connectivity index (χ4v) is 4.80. The van der Waals surface area contributed by atoms with Crippen LogP contribution in [0.5, 0.6) is 5.75 Å². The van der Waals surface area contributed by atoms with E-state index in [0.29, 0.717) is 20.8 Å². The molecule has 0 saturated carbocycles. The smallest absolute Gasteiger partial charge is 0.293 e. The molecule has 0 radical (unpaired) electrons. The van der Waals surface area contributed by atoms with Gasteiger partial charge in [0.1, 0.15) is 5.75 Å². The van der Waals surface area contributed by atoms with E-state index in [-0.39, 0.29) is 30.2 Å². The van der Waals surface area contributed by atoms with Crippen LogP contribution in [0.25, 0.3) is 6.08 Å². The maximum atomic E-state index is 12.8. The zero-order chi connectivity index (χ0) is 24.9. The number of carbonyl (C=O) groups excluding carboxylic acids is 3. The van der Waals surface area contributed by atoms with Gasteiger partial charge in [-0.15, -0.1) is 0 Å². The Morgan fingerprint density at radius 1 is 1.03 bits per heavy atom. The molecule has 8 heteroatoms. The summed E-state index contributed by atoms with van der Waals surface area (Å²) in [5.41, 5.74) is 4.51. The number of amides is 3. The molecule has 1 aliphatic rings. The lowest BCUT2D eigenvalue weighted by Gasteiger charge is -2.12. The van der Waals surface area contributed by atoms with Crippen LogP contribution in [-0.4, -0.2) is 28.6 Å². The summed E-state index contributed by atoms with van der Waals surface area (Å²) in [7, 11) is 0. The van der Waals surface area contributed by atoms with Crippen molar-refractivity contribution >= 4 is 56.5 Å². The highest BCUT2D eigenvalue weighted by atomic mass is 79.9. The molecule has 0 atom stereocenters. The first kappa shape index (κ1) is 24.8. The molecule has 1 aliphatic heterocycles. The quantitative estimate of drug-likeness (QED) is 0.348. The Labute approximate surface area is 216 Å². The molecule has 1 saturated heterocycles. The summed E-state index contributed by atoms with van der Waals surface area (Å²) in [4.78, 5) is 39.1. The van der Waals surface area contributed by atoms with Crippen LogP contribution in [0.2, 0.25) is 0 Å². The predicted molar refractivity (Wildman–Crippen MR) is 142 cm³/mol. The maximum absolute atomic E-state index is 12.8. The van der Waals surface area contributed by atoms with Crippen LogP contribution in [0.3, 0.4) is 0 Å². The Kier molecular flexibility index (Phi) is 7.73. The third-order valence-corrected chi connectivity index (χ3v) is 6.78. The number of imide groups is 1. The van der Waals surface area contributed by atoms with Crippen molar-refractivity contribution in [3.63, 3.8) is 0 Å². The van der Waals surface area contributed by atoms with Gasteiger partial charge in [0, 0.05) is 5.69 Å². The van der Waals surface area contributed by atoms with E-state index in [1.165, 1.54) is 4.90 Å². The molecule has 35 heavy (non-hydrogen) atoms. The number of anilines is 1. The van der Waals surface area contributed by atoms with Gasteiger partial charge in [0.25, 0.3) is 17.1 Å². The summed E-state index contributed by atoms with van der Waals surface area (Å²) in [5.74, 6) is -0.0901. The first-order chi connectivity index (χ1) is 16.8. The highest BCUT2D eigenvalue weighted by Gasteiger charge is 2.35. The van der Waals surface area contributed by atoms with E-state index < -0.39 is 0 Å². The Morgan fingerprint density at radius 2 is 1.80 bits per heavy atom. The lowest BCUT2D eigenvalue weighted by Crippen LogP contribution is -2.27. The van der Waals surface area contributed by atoms with E-state index >= 15 is 0 Å². The minimum Gasteiger partial charge on any atom is -0.483 e. The molecule has 1 N–H and O–H groups in total. The highest BCUT2D eigenvalue weighted by Crippen LogP contribution is 2.34. The molecular weight excluding hydrogens is 528 g/mol. The number of hydrogen-bond donors (Lipinski definition) is 1. The Bertz CT molecular complexity index is 1320. The van der Waals surface area contributed by atoms with E-state index in [4.69, 9.17) is 4.74 Å². The third kappa shape index (κ3) is 6.41. The number of nitrogens with one attached hydrogen (secondary N) is 1. The summed E-state index contributed by atoms with van der Waals surface area (Å²) in [6, 6.07) is 20.5. The molecule has 4 rings (SSSR count). The van der Waals surface area contributed by atoms with E-state index in [1.54, 1.807) is 24.3 Å². The summed E-state index contributed by atoms with van der Waals surface area (Å²) in [6.07, 6.45) is 1.68. The molecule has 0 aliphatic carbocycles. The van der Waals surface area contributed by atoms with Crippen LogP contribution in [0.4, 0.5) is 10.5 Å². The summed E-state index contributed by atoms with van der Waals surface area (Å²) < 4.78 is 6.27. The second-order valence-corrected chi connectivity index (χ2v) is 10.00. The number of thioether (sulfide) groups is 1. The zero-order valence-electron chi connectivity index (χ0n) is 19.2. The normalized spacial score (nSPS) is 14.5. The summed E-state index contributed by atoms with van der Waals surface area (Å²) in [5, 5.41) is 2.51. The lowest BCUT2D eigenvalue weighted by atomic mass is 10.1. The van der Waals surface area contributed by atoms with Gasteiger partial charge in [-0.05, 0) is 88.6 Å². The van der Waals surface area contributed by atoms with Crippen LogP contribution < -0.4 is 10.1 Å². The monoisotopic (exact) mass is 550 g/mol. The molecule has 0 unspecified atom stereocenters. The summed E-state index contributed by atoms with van der Waals surface area (Å²) in [6.45, 7) is 4.03. The van der Waals surface area contributed by atoms with Crippen molar-refractivity contribution in [2.24, 2.45) is 0 Å². The number of hydrogen-bond acceptors (Lipinski definition) is 5. The molecule has 3 aromatic rings. The maximum Gasteiger partial charge on any atom is 0.293 e. The SMILES string of the molecule is Cc1ccc(CN2C(=O)S/C(=C\c3ccc(OCC(=O)Nc4cccc(C)c4)c(Br)c3)C2=O)cc1. The number of aryl methyl sites for hydroxylation is 2. The first-order valence-electron chi connectivity index (χ1n) is 10.9. The number of rotatable bonds is 7. The van der Waals surface area contributed by atoms with Gasteiger partial charge in [-0.1, -0.05) is 48.0 Å². The molecule has 1 heterocycles. The van der Waals surface area contributed by atoms with Crippen molar-refractivity contribution in [3.05, 3.63) is 98.4 Å². The Morgan fingerprint density at radius 3 is 2.51 bits per heavy atom. The standard InChI is InChI=1S/C27H23BrN2O4S/c1-17-6-8-19(9-7-17)15-30-26(32)24(35-27(30)33)14-20-10-11-23(22(28)13-20)34-16-25(31)29-21-5-3-4-18(2)12-21/h3-14H,15-16H2,1-2H3,(H,29,31)/b24-14-. The van der Waals surface area contributed by atoms with Crippen LogP contribution in [0.1, 0.15) is 22.3 Å². The Balaban J connectivity index is 1.38. The van der Waals surface area contributed by atoms with Gasteiger partial charge >= 0.3 is 0 Å². The van der Waals surface area contributed by atoms with E-state index in [2.05, 4.69) is 21.2 Å². The third-order valence-electron chi connectivity index (χ3n) is 5.25. The van der Waals surface area contributed by atoms with Gasteiger partial charge in [-0.2, -0.15) is 0 Å². The minimum absolute atomic E-state index is 0.149. The zero-order valence-corrected chi connectivity index (χ0v) is 21.6. The highest BCUT2D eigenvalue weighted by molar-refractivity contribution is 9.10. The van der Waals surface area contributed by atoms with Gasteiger partial charge in [-0.25, -0.2) is 0 Å². The molecular formula is C27H23BrN2O4S. The van der Waals surface area contributed by atoms with Gasteiger partial charge in [-0.3, -0.25) is 19.3 Å². The first-order valence-corrected chi connectivity index (χ1v) is 12.5. The molecule has 0 aromatic heterocycles. The minimum atomic E-state index is -0.315. The second kappa shape index (κ2) is 10.9. The van der Waals surface area contributed by atoms with E-state index in [9.17, 15) is 14.4 Å². The molecule has 3 aromatic carbocycles. The fourth-order valence-electron chi connectivity index (χ4n) is 3.45. The molecule has 6 nitrogen and oxygen atoms in total. The van der Waals surface area contributed by atoms with Gasteiger partial charge in [0.05, 0.1) is 15.9 Å². The average molecular weight is 551 g/mol. The van der Waals surface area contributed by atoms with Crippen molar-refractivity contribution < 1.29 is 19.1 Å². The second-order valence-electron chi connectivity index (χ2n) is 8.15. The number of benzene rings is 3. The van der Waals surface area contributed by atoms with E-state index in [1.807, 2.05) is 62.4 Å². The van der Waals surface area contributed by atoms with Crippen molar-refractivity contribution in [3.8, 4) is 5.75 Å². The largest absolute Gasteiger partial charge is 0.483 e. The molecule has 0 bridgehead atoms. The molecule has 1 fully saturated rings. The molecule has 178 valence electrons. The van der Waals surface area contributed by atoms with Gasteiger partial charge in [0.2, 0.25) is 0 Å². The number of halogens is 1. The molecule has 3 amide bonds. The van der Waals surface area contributed by atoms with Crippen molar-refractivity contribution in [1.29, 1.82) is 0 Å².